The van der Waals surface area contributed by atoms with Crippen molar-refractivity contribution in [2.45, 2.75) is 38.6 Å². The van der Waals surface area contributed by atoms with Gasteiger partial charge in [0.1, 0.15) is 0 Å². The number of piperazine rings is 1. The lowest BCUT2D eigenvalue weighted by Crippen LogP contribution is -2.47. The number of carbonyl (C=O) groups excluding carboxylic acids is 1. The highest BCUT2D eigenvalue weighted by molar-refractivity contribution is 5.72. The molecule has 5 nitrogen and oxygen atoms in total. The van der Waals surface area contributed by atoms with Crippen molar-refractivity contribution < 1.29 is 9.53 Å². The third kappa shape index (κ3) is 5.57. The van der Waals surface area contributed by atoms with E-state index in [0.717, 1.165) is 32.4 Å². The monoisotopic (exact) mass is 297 g/mol. The molecule has 2 fully saturated rings. The molecule has 1 saturated heterocycles. The number of hydrogen-bond donors (Lipinski definition) is 1. The lowest BCUT2D eigenvalue weighted by Gasteiger charge is -2.33. The predicted octanol–water partition coefficient (Wildman–Crippen LogP) is 0.945. The van der Waals surface area contributed by atoms with E-state index in [1.165, 1.54) is 32.6 Å². The van der Waals surface area contributed by atoms with Gasteiger partial charge in [0.2, 0.25) is 0 Å². The van der Waals surface area contributed by atoms with Crippen LogP contribution in [0, 0.1) is 5.92 Å². The second-order valence-electron chi connectivity index (χ2n) is 6.41. The van der Waals surface area contributed by atoms with Gasteiger partial charge in [-0.25, -0.2) is 0 Å². The zero-order valence-corrected chi connectivity index (χ0v) is 13.6. The molecule has 0 bridgehead atoms. The Morgan fingerprint density at radius 2 is 2.00 bits per heavy atom. The highest BCUT2D eigenvalue weighted by Gasteiger charge is 2.27. The summed E-state index contributed by atoms with van der Waals surface area (Å²) in [5.74, 6) is 0.114. The summed E-state index contributed by atoms with van der Waals surface area (Å²) in [6.07, 6.45) is 4.27. The number of carbonyl (C=O) groups is 1. The molecule has 1 saturated carbocycles. The molecule has 1 N–H and O–H groups in total. The topological polar surface area (TPSA) is 44.8 Å². The van der Waals surface area contributed by atoms with Crippen LogP contribution in [0.5, 0.6) is 0 Å². The second kappa shape index (κ2) is 8.71. The molecular formula is C16H31N3O2. The number of hydrogen-bond acceptors (Lipinski definition) is 5. The van der Waals surface area contributed by atoms with E-state index in [9.17, 15) is 4.79 Å². The van der Waals surface area contributed by atoms with E-state index in [-0.39, 0.29) is 11.9 Å². The van der Waals surface area contributed by atoms with E-state index in [2.05, 4.69) is 22.2 Å². The minimum atomic E-state index is 0.00284. The number of esters is 1. The Hall–Kier alpha value is -0.650. The van der Waals surface area contributed by atoms with Crippen molar-refractivity contribution >= 4 is 5.97 Å². The molecule has 1 aliphatic carbocycles. The van der Waals surface area contributed by atoms with Crippen molar-refractivity contribution in [1.82, 2.24) is 15.1 Å². The first-order valence-corrected chi connectivity index (χ1v) is 8.50. The number of ether oxygens (including phenoxy) is 1. The van der Waals surface area contributed by atoms with Gasteiger partial charge in [0.05, 0.1) is 12.5 Å². The minimum Gasteiger partial charge on any atom is -0.466 e. The summed E-state index contributed by atoms with van der Waals surface area (Å²) < 4.78 is 5.16. The summed E-state index contributed by atoms with van der Waals surface area (Å²) in [7, 11) is 2.19. The van der Waals surface area contributed by atoms with E-state index in [4.69, 9.17) is 4.74 Å². The van der Waals surface area contributed by atoms with Crippen LogP contribution in [-0.4, -0.2) is 74.7 Å². The van der Waals surface area contributed by atoms with Crippen LogP contribution < -0.4 is 5.32 Å². The molecule has 0 aromatic carbocycles. The van der Waals surface area contributed by atoms with E-state index in [1.54, 1.807) is 0 Å². The molecule has 21 heavy (non-hydrogen) atoms. The molecule has 0 aromatic rings. The average Bonchev–Trinajstić information content (AvgIpc) is 2.50. The summed E-state index contributed by atoms with van der Waals surface area (Å²) in [5.41, 5.74) is 0. The fourth-order valence-electron chi connectivity index (χ4n) is 3.35. The maximum atomic E-state index is 11.8. The zero-order chi connectivity index (χ0) is 15.1. The molecule has 2 unspecified atom stereocenters. The quantitative estimate of drug-likeness (QED) is 0.740. The fraction of sp³-hybridized carbons (Fsp3) is 0.938. The second-order valence-corrected chi connectivity index (χ2v) is 6.41. The van der Waals surface area contributed by atoms with Gasteiger partial charge in [-0.15, -0.1) is 0 Å². The Morgan fingerprint density at radius 1 is 1.24 bits per heavy atom. The lowest BCUT2D eigenvalue weighted by molar-refractivity contribution is -0.149. The molecular weight excluding hydrogens is 266 g/mol. The van der Waals surface area contributed by atoms with Crippen molar-refractivity contribution in [2.24, 2.45) is 5.92 Å². The Kier molecular flexibility index (Phi) is 6.93. The Morgan fingerprint density at radius 3 is 2.71 bits per heavy atom. The van der Waals surface area contributed by atoms with Crippen LogP contribution in [0.25, 0.3) is 0 Å². The van der Waals surface area contributed by atoms with Gasteiger partial charge in [-0.1, -0.05) is 6.42 Å². The third-order valence-corrected chi connectivity index (χ3v) is 4.75. The van der Waals surface area contributed by atoms with Gasteiger partial charge >= 0.3 is 5.97 Å². The van der Waals surface area contributed by atoms with Gasteiger partial charge in [-0.05, 0) is 33.2 Å². The van der Waals surface area contributed by atoms with E-state index in [0.29, 0.717) is 12.6 Å². The van der Waals surface area contributed by atoms with Crippen molar-refractivity contribution in [3.63, 3.8) is 0 Å². The molecule has 0 aromatic heterocycles. The number of nitrogens with zero attached hydrogens (tertiary/aromatic N) is 2. The van der Waals surface area contributed by atoms with E-state index >= 15 is 0 Å². The van der Waals surface area contributed by atoms with Crippen LogP contribution in [0.3, 0.4) is 0 Å². The van der Waals surface area contributed by atoms with E-state index in [1.807, 2.05) is 6.92 Å². The van der Waals surface area contributed by atoms with Gasteiger partial charge in [0.25, 0.3) is 0 Å². The highest BCUT2D eigenvalue weighted by Crippen LogP contribution is 2.25. The summed E-state index contributed by atoms with van der Waals surface area (Å²) in [4.78, 5) is 16.7. The van der Waals surface area contributed by atoms with Crippen LogP contribution >= 0.6 is 0 Å². The molecule has 2 atom stereocenters. The molecule has 5 heteroatoms. The molecule has 0 spiro atoms. The normalized spacial score (nSPS) is 28.5. The predicted molar refractivity (Wildman–Crippen MR) is 84.3 cm³/mol. The van der Waals surface area contributed by atoms with Gasteiger partial charge in [0.15, 0.2) is 0 Å². The number of rotatable bonds is 6. The van der Waals surface area contributed by atoms with Gasteiger partial charge in [-0.3, -0.25) is 9.69 Å². The Labute approximate surface area is 129 Å². The zero-order valence-electron chi connectivity index (χ0n) is 13.6. The molecule has 0 radical (unpaired) electrons. The first-order chi connectivity index (χ1) is 10.2. The van der Waals surface area contributed by atoms with Crippen LogP contribution in [0.4, 0.5) is 0 Å². The number of nitrogens with one attached hydrogen (secondary N) is 1. The maximum absolute atomic E-state index is 11.8. The molecule has 2 rings (SSSR count). The van der Waals surface area contributed by atoms with Gasteiger partial charge in [0, 0.05) is 45.3 Å². The van der Waals surface area contributed by atoms with Crippen LogP contribution in [0.1, 0.15) is 32.6 Å². The summed E-state index contributed by atoms with van der Waals surface area (Å²) in [6.45, 7) is 9.23. The maximum Gasteiger partial charge on any atom is 0.308 e. The smallest absolute Gasteiger partial charge is 0.308 e. The summed E-state index contributed by atoms with van der Waals surface area (Å²) in [5, 5.41) is 3.64. The summed E-state index contributed by atoms with van der Waals surface area (Å²) in [6, 6.07) is 0.487. The molecule has 0 amide bonds. The third-order valence-electron chi connectivity index (χ3n) is 4.75. The number of likely N-dealkylation sites (N-methyl/N-ethyl adjacent to an activating group) is 1. The van der Waals surface area contributed by atoms with Crippen LogP contribution in [0.2, 0.25) is 0 Å². The first kappa shape index (κ1) is 16.7. The molecule has 122 valence electrons. The first-order valence-electron chi connectivity index (χ1n) is 8.50. The van der Waals surface area contributed by atoms with E-state index < -0.39 is 0 Å². The van der Waals surface area contributed by atoms with Crippen LogP contribution in [-0.2, 0) is 9.53 Å². The van der Waals surface area contributed by atoms with Crippen molar-refractivity contribution in [2.75, 3.05) is 52.9 Å². The lowest BCUT2D eigenvalue weighted by atomic mass is 9.86. The fourth-order valence-corrected chi connectivity index (χ4v) is 3.35. The summed E-state index contributed by atoms with van der Waals surface area (Å²) >= 11 is 0. The van der Waals surface area contributed by atoms with Crippen molar-refractivity contribution in [3.8, 4) is 0 Å². The standard InChI is InChI=1S/C16H31N3O2/c1-3-21-16(20)14-5-4-6-15(13-14)17-7-8-19-11-9-18(2)10-12-19/h14-15,17H,3-13H2,1-2H3. The van der Waals surface area contributed by atoms with Crippen LogP contribution in [0.15, 0.2) is 0 Å². The molecule has 2 aliphatic rings. The van der Waals surface area contributed by atoms with Gasteiger partial charge < -0.3 is 15.0 Å². The molecule has 1 aliphatic heterocycles. The Balaban J connectivity index is 1.62. The SMILES string of the molecule is CCOC(=O)C1CCCC(NCCN2CCN(C)CC2)C1. The van der Waals surface area contributed by atoms with Gasteiger partial charge in [-0.2, -0.15) is 0 Å². The van der Waals surface area contributed by atoms with Crippen molar-refractivity contribution in [3.05, 3.63) is 0 Å². The minimum absolute atomic E-state index is 0.00284. The Bertz CT molecular complexity index is 317. The largest absolute Gasteiger partial charge is 0.466 e. The van der Waals surface area contributed by atoms with Crippen molar-refractivity contribution in [1.29, 1.82) is 0 Å². The highest BCUT2D eigenvalue weighted by atomic mass is 16.5. The average molecular weight is 297 g/mol. The molecule has 1 heterocycles.